The van der Waals surface area contributed by atoms with Crippen molar-refractivity contribution in [3.63, 3.8) is 0 Å². The van der Waals surface area contributed by atoms with E-state index < -0.39 is 5.60 Å². The Balaban J connectivity index is 1.76. The lowest BCUT2D eigenvalue weighted by molar-refractivity contribution is 0.0156. The van der Waals surface area contributed by atoms with E-state index in [9.17, 15) is 5.26 Å². The van der Waals surface area contributed by atoms with Gasteiger partial charge in [-0.05, 0) is 36.1 Å². The monoisotopic (exact) mass is 363 g/mol. The molecule has 26 heavy (non-hydrogen) atoms. The Kier molecular flexibility index (Phi) is 4.39. The number of methoxy groups -OCH3 is 1. The van der Waals surface area contributed by atoms with E-state index in [1.807, 2.05) is 17.8 Å². The van der Waals surface area contributed by atoms with E-state index in [0.29, 0.717) is 13.1 Å². The van der Waals surface area contributed by atoms with Crippen molar-refractivity contribution in [1.29, 1.82) is 5.26 Å². The number of nitrogens with zero attached hydrogens (tertiary/aromatic N) is 2. The number of thioether (sulfide) groups is 1. The molecule has 0 radical (unpaired) electrons. The van der Waals surface area contributed by atoms with Crippen LogP contribution in [-0.4, -0.2) is 36.5 Å². The molecular weight excluding hydrogens is 342 g/mol. The number of hydrogen-bond acceptors (Lipinski definition) is 4. The van der Waals surface area contributed by atoms with Gasteiger partial charge in [-0.1, -0.05) is 25.1 Å². The molecule has 0 unspecified atom stereocenters. The van der Waals surface area contributed by atoms with Gasteiger partial charge >= 0.3 is 0 Å². The summed E-state index contributed by atoms with van der Waals surface area (Å²) in [5.41, 5.74) is 3.86. The molecule has 1 aromatic heterocycles. The summed E-state index contributed by atoms with van der Waals surface area (Å²) in [6.45, 7) is 3.34. The third kappa shape index (κ3) is 2.86. The van der Waals surface area contributed by atoms with E-state index in [0.717, 1.165) is 22.7 Å². The number of ether oxygens (including phenoxy) is 1. The number of H-pyrrole nitrogens is 1. The average Bonchev–Trinajstić information content (AvgIpc) is 3.07. The van der Waals surface area contributed by atoms with Gasteiger partial charge in [0.2, 0.25) is 0 Å². The van der Waals surface area contributed by atoms with Crippen LogP contribution in [0.4, 0.5) is 5.69 Å². The fourth-order valence-electron chi connectivity index (χ4n) is 3.47. The first-order valence-electron chi connectivity index (χ1n) is 8.74. The normalized spacial score (nSPS) is 15.7. The summed E-state index contributed by atoms with van der Waals surface area (Å²) in [6.07, 6.45) is 0. The van der Waals surface area contributed by atoms with Crippen molar-refractivity contribution in [3.8, 4) is 17.3 Å². The van der Waals surface area contributed by atoms with Crippen LogP contribution < -0.4 is 4.90 Å². The van der Waals surface area contributed by atoms with Crippen molar-refractivity contribution in [2.75, 3.05) is 30.9 Å². The highest BCUT2D eigenvalue weighted by Gasteiger charge is 2.44. The van der Waals surface area contributed by atoms with Gasteiger partial charge in [0.1, 0.15) is 6.07 Å². The highest BCUT2D eigenvalue weighted by atomic mass is 32.2. The number of nitriles is 1. The van der Waals surface area contributed by atoms with E-state index in [1.54, 1.807) is 7.11 Å². The van der Waals surface area contributed by atoms with Gasteiger partial charge in [-0.25, -0.2) is 0 Å². The SMILES string of the molecule is CCSc1ccc(N2CC(C#N)(OC)C2)c(-c2cc3ccccc3[nH]2)c1. The molecule has 4 rings (SSSR count). The molecule has 1 N–H and O–H groups in total. The van der Waals surface area contributed by atoms with E-state index >= 15 is 0 Å². The molecular formula is C21H21N3OS. The van der Waals surface area contributed by atoms with Gasteiger partial charge in [0.25, 0.3) is 0 Å². The number of benzene rings is 2. The maximum absolute atomic E-state index is 9.39. The first-order valence-corrected chi connectivity index (χ1v) is 9.73. The molecule has 0 atom stereocenters. The number of nitrogens with one attached hydrogen (secondary N) is 1. The van der Waals surface area contributed by atoms with E-state index in [2.05, 4.69) is 65.3 Å². The standard InChI is InChI=1S/C21H21N3OS/c1-3-26-16-8-9-20(24-13-21(12-22,14-24)25-2)17(11-16)19-10-15-6-4-5-7-18(15)23-19/h4-11,23H,3,13-14H2,1-2H3. The highest BCUT2D eigenvalue weighted by Crippen LogP contribution is 2.39. The van der Waals surface area contributed by atoms with Gasteiger partial charge < -0.3 is 14.6 Å². The van der Waals surface area contributed by atoms with Crippen molar-refractivity contribution in [3.05, 3.63) is 48.5 Å². The number of aromatic nitrogens is 1. The summed E-state index contributed by atoms with van der Waals surface area (Å²) in [7, 11) is 1.61. The van der Waals surface area contributed by atoms with Crippen LogP contribution in [0.1, 0.15) is 6.92 Å². The number of fused-ring (bicyclic) bond motifs is 1. The number of aromatic amines is 1. The van der Waals surface area contributed by atoms with Crippen LogP contribution >= 0.6 is 11.8 Å². The minimum absolute atomic E-state index is 0.591. The summed E-state index contributed by atoms with van der Waals surface area (Å²) in [4.78, 5) is 7.01. The second-order valence-electron chi connectivity index (χ2n) is 6.55. The molecule has 132 valence electrons. The Hall–Kier alpha value is -2.42. The fourth-order valence-corrected chi connectivity index (χ4v) is 4.17. The molecule has 5 heteroatoms. The molecule has 3 aromatic rings. The number of hydrogen-bond donors (Lipinski definition) is 1. The maximum Gasteiger partial charge on any atom is 0.188 e. The molecule has 1 aliphatic rings. The molecule has 1 fully saturated rings. The van der Waals surface area contributed by atoms with Gasteiger partial charge in [-0.2, -0.15) is 5.26 Å². The Morgan fingerprint density at radius 1 is 1.23 bits per heavy atom. The van der Waals surface area contributed by atoms with Crippen LogP contribution in [0.5, 0.6) is 0 Å². The van der Waals surface area contributed by atoms with Gasteiger partial charge in [0.05, 0.1) is 13.1 Å². The predicted octanol–water partition coefficient (Wildman–Crippen LogP) is 4.68. The van der Waals surface area contributed by atoms with Crippen LogP contribution in [0.25, 0.3) is 22.2 Å². The van der Waals surface area contributed by atoms with Gasteiger partial charge in [0, 0.05) is 39.9 Å². The van der Waals surface area contributed by atoms with Crippen LogP contribution in [0.2, 0.25) is 0 Å². The second kappa shape index (κ2) is 6.71. The molecule has 1 saturated heterocycles. The van der Waals surface area contributed by atoms with Crippen LogP contribution in [-0.2, 0) is 4.74 Å². The molecule has 0 aliphatic carbocycles. The van der Waals surface area contributed by atoms with Crippen LogP contribution in [0.3, 0.4) is 0 Å². The van der Waals surface area contributed by atoms with Gasteiger partial charge in [0.15, 0.2) is 5.60 Å². The van der Waals surface area contributed by atoms with Gasteiger partial charge in [-0.3, -0.25) is 0 Å². The lowest BCUT2D eigenvalue weighted by Crippen LogP contribution is -2.62. The second-order valence-corrected chi connectivity index (χ2v) is 7.89. The smallest absolute Gasteiger partial charge is 0.188 e. The highest BCUT2D eigenvalue weighted by molar-refractivity contribution is 7.99. The zero-order valence-corrected chi connectivity index (χ0v) is 15.8. The first-order chi connectivity index (χ1) is 12.7. The summed E-state index contributed by atoms with van der Waals surface area (Å²) >= 11 is 1.84. The quantitative estimate of drug-likeness (QED) is 0.669. The summed E-state index contributed by atoms with van der Waals surface area (Å²) in [5, 5.41) is 10.6. The van der Waals surface area contributed by atoms with Crippen LogP contribution in [0.15, 0.2) is 53.4 Å². The number of para-hydroxylation sites is 1. The number of rotatable bonds is 5. The first kappa shape index (κ1) is 17.0. The Morgan fingerprint density at radius 3 is 2.73 bits per heavy atom. The Bertz CT molecular complexity index is 949. The van der Waals surface area contributed by atoms with Crippen molar-refractivity contribution in [2.45, 2.75) is 17.4 Å². The van der Waals surface area contributed by atoms with E-state index in [4.69, 9.17) is 4.74 Å². The molecule has 4 nitrogen and oxygen atoms in total. The predicted molar refractivity (Wildman–Crippen MR) is 108 cm³/mol. The summed E-state index contributed by atoms with van der Waals surface area (Å²) < 4.78 is 5.42. The topological polar surface area (TPSA) is 52.1 Å². The molecule has 0 bridgehead atoms. The van der Waals surface area contributed by atoms with Crippen molar-refractivity contribution in [2.24, 2.45) is 0 Å². The maximum atomic E-state index is 9.39. The van der Waals surface area contributed by atoms with Crippen LogP contribution in [0, 0.1) is 11.3 Å². The van der Waals surface area contributed by atoms with E-state index in [1.165, 1.54) is 15.8 Å². The van der Waals surface area contributed by atoms with Crippen molar-refractivity contribution < 1.29 is 4.74 Å². The lowest BCUT2D eigenvalue weighted by atomic mass is 9.93. The third-order valence-electron chi connectivity index (χ3n) is 4.93. The summed E-state index contributed by atoms with van der Waals surface area (Å²) in [5.74, 6) is 1.04. The number of anilines is 1. The van der Waals surface area contributed by atoms with Crippen molar-refractivity contribution >= 4 is 28.4 Å². The fraction of sp³-hybridized carbons (Fsp3) is 0.286. The zero-order valence-electron chi connectivity index (χ0n) is 15.0. The molecule has 1 aliphatic heterocycles. The lowest BCUT2D eigenvalue weighted by Gasteiger charge is -2.46. The molecule has 2 heterocycles. The largest absolute Gasteiger partial charge is 0.363 e. The molecule has 0 saturated carbocycles. The minimum Gasteiger partial charge on any atom is -0.363 e. The Labute approximate surface area is 157 Å². The zero-order chi connectivity index (χ0) is 18.1. The molecule has 2 aromatic carbocycles. The third-order valence-corrected chi connectivity index (χ3v) is 5.80. The average molecular weight is 363 g/mol. The van der Waals surface area contributed by atoms with Crippen molar-refractivity contribution in [1.82, 2.24) is 4.98 Å². The Morgan fingerprint density at radius 2 is 2.04 bits per heavy atom. The molecule has 0 amide bonds. The van der Waals surface area contributed by atoms with E-state index in [-0.39, 0.29) is 0 Å². The summed E-state index contributed by atoms with van der Waals surface area (Å²) in [6, 6.07) is 19.4. The minimum atomic E-state index is -0.686. The molecule has 0 spiro atoms. The van der Waals surface area contributed by atoms with Gasteiger partial charge in [-0.15, -0.1) is 11.8 Å².